The van der Waals surface area contributed by atoms with E-state index in [0.717, 1.165) is 25.7 Å². The van der Waals surface area contributed by atoms with Gasteiger partial charge in [0.1, 0.15) is 13.2 Å². The van der Waals surface area contributed by atoms with E-state index < -0.39 is 0 Å². The Morgan fingerprint density at radius 2 is 0.436 bits per heavy atom. The van der Waals surface area contributed by atoms with Gasteiger partial charge in [-0.1, -0.05) is 84.5 Å². The second-order valence-corrected chi connectivity index (χ2v) is 13.0. The van der Waals surface area contributed by atoms with Crippen molar-refractivity contribution in [1.82, 2.24) is 0 Å². The van der Waals surface area contributed by atoms with Gasteiger partial charge in [-0.15, -0.1) is 0 Å². The van der Waals surface area contributed by atoms with E-state index in [0.29, 0.717) is 145 Å². The third kappa shape index (κ3) is 48.6. The Balaban J connectivity index is 3.13. The zero-order chi connectivity index (χ0) is 39.8. The summed E-state index contributed by atoms with van der Waals surface area (Å²) in [4.78, 5) is 23.4. The molecule has 14 nitrogen and oxygen atoms in total. The van der Waals surface area contributed by atoms with Crippen LogP contribution in [0.15, 0.2) is 0 Å². The van der Waals surface area contributed by atoms with E-state index in [-0.39, 0.29) is 25.2 Å². The fourth-order valence-electron chi connectivity index (χ4n) is 4.93. The minimum Gasteiger partial charge on any atom is -0.463 e. The van der Waals surface area contributed by atoms with Gasteiger partial charge in [-0.2, -0.15) is 0 Å². The number of ether oxygens (including phenoxy) is 12. The van der Waals surface area contributed by atoms with E-state index in [1.54, 1.807) is 0 Å². The number of hydrogen-bond acceptors (Lipinski definition) is 14. The second-order valence-electron chi connectivity index (χ2n) is 13.0. The average Bonchev–Trinajstić information content (AvgIpc) is 3.19. The standard InChI is InChI=1S/C41H80O14/c1-3-5-7-9-11-13-15-17-41(43)55-39-37-53-35-33-51-31-29-49-27-25-47-23-21-45-19-18-44-20-22-46-24-26-48-28-30-50-32-34-52-36-38-54-40(42)16-14-12-10-8-6-4-2/h3-39H2,1-2H3. The maximum atomic E-state index is 11.7. The largest absolute Gasteiger partial charge is 0.463 e. The van der Waals surface area contributed by atoms with Gasteiger partial charge in [-0.25, -0.2) is 0 Å². The molecule has 0 rings (SSSR count). The Labute approximate surface area is 333 Å². The molecule has 0 fully saturated rings. The first-order valence-electron chi connectivity index (χ1n) is 21.3. The first kappa shape index (κ1) is 53.5. The van der Waals surface area contributed by atoms with Gasteiger partial charge in [-0.3, -0.25) is 9.59 Å². The van der Waals surface area contributed by atoms with Crippen LogP contribution in [0, 0.1) is 0 Å². The van der Waals surface area contributed by atoms with E-state index in [2.05, 4.69) is 13.8 Å². The highest BCUT2D eigenvalue weighted by atomic mass is 16.6. The molecule has 14 heteroatoms. The Hall–Kier alpha value is -1.46. The molecule has 0 bridgehead atoms. The number of carbonyl (C=O) groups excluding carboxylic acids is 2. The summed E-state index contributed by atoms with van der Waals surface area (Å²) in [6.45, 7) is 14.4. The van der Waals surface area contributed by atoms with Crippen molar-refractivity contribution in [3.63, 3.8) is 0 Å². The summed E-state index contributed by atoms with van der Waals surface area (Å²) in [5.74, 6) is -0.289. The van der Waals surface area contributed by atoms with E-state index >= 15 is 0 Å². The van der Waals surface area contributed by atoms with Gasteiger partial charge in [0.25, 0.3) is 0 Å². The lowest BCUT2D eigenvalue weighted by atomic mass is 10.1. The Morgan fingerprint density at radius 1 is 0.255 bits per heavy atom. The summed E-state index contributed by atoms with van der Waals surface area (Å²) < 4.78 is 65.1. The first-order chi connectivity index (χ1) is 27.2. The molecule has 0 saturated heterocycles. The average molecular weight is 797 g/mol. The molecule has 0 radical (unpaired) electrons. The molecule has 0 aromatic carbocycles. The maximum absolute atomic E-state index is 11.7. The van der Waals surface area contributed by atoms with Crippen LogP contribution in [-0.2, 0) is 66.4 Å². The fourth-order valence-corrected chi connectivity index (χ4v) is 4.93. The third-order valence-corrected chi connectivity index (χ3v) is 8.05. The molecule has 0 aliphatic rings. The zero-order valence-corrected chi connectivity index (χ0v) is 34.9. The van der Waals surface area contributed by atoms with Crippen LogP contribution < -0.4 is 0 Å². The highest BCUT2D eigenvalue weighted by Gasteiger charge is 2.04. The van der Waals surface area contributed by atoms with Crippen molar-refractivity contribution in [2.24, 2.45) is 0 Å². The van der Waals surface area contributed by atoms with E-state index in [1.165, 1.54) is 57.8 Å². The van der Waals surface area contributed by atoms with Crippen LogP contribution in [0.1, 0.15) is 110 Å². The molecule has 0 atom stereocenters. The maximum Gasteiger partial charge on any atom is 0.305 e. The van der Waals surface area contributed by atoms with Crippen LogP contribution in [0.2, 0.25) is 0 Å². The molecular formula is C41H80O14. The SMILES string of the molecule is CCCCCCCCCC(=O)OCCOCCOCCOCCOCCOCCOCCOCCOCCOCCOCCOC(=O)CCCCCCCC. The third-order valence-electron chi connectivity index (χ3n) is 8.05. The van der Waals surface area contributed by atoms with Crippen LogP contribution in [0.3, 0.4) is 0 Å². The summed E-state index contributed by atoms with van der Waals surface area (Å²) in [6.07, 6.45) is 16.2. The predicted octanol–water partition coefficient (Wildman–Crippen LogP) is 6.13. The monoisotopic (exact) mass is 797 g/mol. The summed E-state index contributed by atoms with van der Waals surface area (Å²) in [6, 6.07) is 0. The molecule has 0 spiro atoms. The number of esters is 2. The van der Waals surface area contributed by atoms with Gasteiger partial charge in [0.2, 0.25) is 0 Å². The van der Waals surface area contributed by atoms with Gasteiger partial charge in [0.05, 0.1) is 132 Å². The summed E-state index contributed by atoms with van der Waals surface area (Å²) in [7, 11) is 0. The van der Waals surface area contributed by atoms with Crippen molar-refractivity contribution in [2.45, 2.75) is 110 Å². The zero-order valence-electron chi connectivity index (χ0n) is 34.9. The molecule has 0 unspecified atom stereocenters. The Kier molecular flexibility index (Phi) is 47.4. The molecule has 0 aromatic heterocycles. The molecule has 0 amide bonds. The number of unbranched alkanes of at least 4 members (excludes halogenated alkanes) is 11. The van der Waals surface area contributed by atoms with E-state index in [9.17, 15) is 9.59 Å². The van der Waals surface area contributed by atoms with Crippen molar-refractivity contribution in [1.29, 1.82) is 0 Å². The lowest BCUT2D eigenvalue weighted by Gasteiger charge is -2.09. The topological polar surface area (TPSA) is 145 Å². The molecule has 0 aromatic rings. The normalized spacial score (nSPS) is 11.4. The molecule has 55 heavy (non-hydrogen) atoms. The van der Waals surface area contributed by atoms with Crippen LogP contribution in [0.5, 0.6) is 0 Å². The lowest BCUT2D eigenvalue weighted by molar-refractivity contribution is -0.146. The lowest BCUT2D eigenvalue weighted by Crippen LogP contribution is -2.16. The second kappa shape index (κ2) is 48.7. The van der Waals surface area contributed by atoms with Crippen molar-refractivity contribution < 1.29 is 66.4 Å². The molecule has 0 aliphatic carbocycles. The van der Waals surface area contributed by atoms with Gasteiger partial charge in [0.15, 0.2) is 0 Å². The number of carbonyl (C=O) groups is 2. The van der Waals surface area contributed by atoms with Crippen molar-refractivity contribution in [3.05, 3.63) is 0 Å². The molecule has 0 aliphatic heterocycles. The van der Waals surface area contributed by atoms with Crippen molar-refractivity contribution >= 4 is 11.9 Å². The highest BCUT2D eigenvalue weighted by Crippen LogP contribution is 2.09. The Morgan fingerprint density at radius 3 is 0.655 bits per heavy atom. The first-order valence-corrected chi connectivity index (χ1v) is 21.3. The molecular weight excluding hydrogens is 716 g/mol. The highest BCUT2D eigenvalue weighted by molar-refractivity contribution is 5.69. The van der Waals surface area contributed by atoms with E-state index in [1.807, 2.05) is 0 Å². The van der Waals surface area contributed by atoms with Crippen LogP contribution in [0.4, 0.5) is 0 Å². The summed E-state index contributed by atoms with van der Waals surface area (Å²) in [5, 5.41) is 0. The van der Waals surface area contributed by atoms with E-state index in [4.69, 9.17) is 56.8 Å². The van der Waals surface area contributed by atoms with Gasteiger partial charge >= 0.3 is 11.9 Å². The van der Waals surface area contributed by atoms with Gasteiger partial charge in [-0.05, 0) is 12.8 Å². The Bertz CT molecular complexity index is 761. The molecule has 0 N–H and O–H groups in total. The van der Waals surface area contributed by atoms with Crippen LogP contribution in [-0.4, -0.2) is 157 Å². The van der Waals surface area contributed by atoms with Gasteiger partial charge < -0.3 is 56.8 Å². The quantitative estimate of drug-likeness (QED) is 0.0514. The number of rotatable bonds is 48. The minimum absolute atomic E-state index is 0.143. The molecule has 0 saturated carbocycles. The van der Waals surface area contributed by atoms with Crippen molar-refractivity contribution in [2.75, 3.05) is 145 Å². The van der Waals surface area contributed by atoms with Crippen LogP contribution in [0.25, 0.3) is 0 Å². The van der Waals surface area contributed by atoms with Crippen LogP contribution >= 0.6 is 0 Å². The van der Waals surface area contributed by atoms with Crippen molar-refractivity contribution in [3.8, 4) is 0 Å². The fraction of sp³-hybridized carbons (Fsp3) is 0.951. The summed E-state index contributed by atoms with van der Waals surface area (Å²) >= 11 is 0. The summed E-state index contributed by atoms with van der Waals surface area (Å²) in [5.41, 5.74) is 0. The number of hydrogen-bond donors (Lipinski definition) is 0. The molecule has 0 heterocycles. The minimum atomic E-state index is -0.146. The smallest absolute Gasteiger partial charge is 0.305 e. The van der Waals surface area contributed by atoms with Gasteiger partial charge in [0, 0.05) is 12.8 Å². The predicted molar refractivity (Wildman–Crippen MR) is 211 cm³/mol. The molecule has 328 valence electrons.